The molecule has 0 saturated heterocycles. The zero-order chi connectivity index (χ0) is 6.41. The number of nitriles is 1. The van der Waals surface area contributed by atoms with Crippen LogP contribution in [0.15, 0.2) is 0 Å². The fourth-order valence-corrected chi connectivity index (χ4v) is 0.649. The Morgan fingerprint density at radius 2 is 2.50 bits per heavy atom. The summed E-state index contributed by atoms with van der Waals surface area (Å²) in [6.07, 6.45) is -0.278. The zero-order valence-corrected chi connectivity index (χ0v) is 6.31. The minimum Gasteiger partial charge on any atom is -0.363 e. The molecule has 0 heterocycles. The monoisotopic (exact) mass is 177 g/mol. The molecule has 0 radical (unpaired) electrons. The molecule has 0 aromatic rings. The van der Waals surface area contributed by atoms with Crippen LogP contribution in [0.1, 0.15) is 6.92 Å². The second-order valence-electron chi connectivity index (χ2n) is 1.23. The molecule has 0 aromatic carbocycles. The molecule has 2 nitrogen and oxygen atoms in total. The van der Waals surface area contributed by atoms with Crippen molar-refractivity contribution in [2.75, 3.05) is 11.9 Å². The van der Waals surface area contributed by atoms with Crippen molar-refractivity contribution in [1.29, 1.82) is 5.26 Å². The molecule has 0 amide bonds. The van der Waals surface area contributed by atoms with Crippen molar-refractivity contribution in [3.05, 3.63) is 0 Å². The quantitative estimate of drug-likeness (QED) is 0.610. The summed E-state index contributed by atoms with van der Waals surface area (Å²) < 4.78 is 4.93. The van der Waals surface area contributed by atoms with E-state index in [0.29, 0.717) is 11.9 Å². The summed E-state index contributed by atoms with van der Waals surface area (Å²) in [7, 11) is 0. The first-order valence-corrected chi connectivity index (χ1v) is 3.54. The molecular weight excluding hydrogens is 170 g/mol. The van der Waals surface area contributed by atoms with E-state index in [2.05, 4.69) is 15.9 Å². The van der Waals surface area contributed by atoms with E-state index >= 15 is 0 Å². The Labute approximate surface area is 57.6 Å². The van der Waals surface area contributed by atoms with Crippen molar-refractivity contribution in [2.45, 2.75) is 13.0 Å². The van der Waals surface area contributed by atoms with Crippen LogP contribution >= 0.6 is 15.9 Å². The minimum atomic E-state index is -0.278. The molecule has 8 heavy (non-hydrogen) atoms. The largest absolute Gasteiger partial charge is 0.363 e. The predicted octanol–water partition coefficient (Wildman–Crippen LogP) is 1.31. The van der Waals surface area contributed by atoms with E-state index in [0.717, 1.165) is 0 Å². The SMILES string of the molecule is CCO[C@@H](C#N)CBr. The highest BCUT2D eigenvalue weighted by molar-refractivity contribution is 9.09. The maximum Gasteiger partial charge on any atom is 0.153 e. The molecule has 0 aliphatic carbocycles. The zero-order valence-electron chi connectivity index (χ0n) is 4.72. The lowest BCUT2D eigenvalue weighted by molar-refractivity contribution is 0.118. The van der Waals surface area contributed by atoms with Gasteiger partial charge >= 0.3 is 0 Å². The molecule has 1 atom stereocenters. The van der Waals surface area contributed by atoms with Crippen LogP contribution in [0.25, 0.3) is 0 Å². The van der Waals surface area contributed by atoms with Gasteiger partial charge in [-0.15, -0.1) is 0 Å². The van der Waals surface area contributed by atoms with Gasteiger partial charge in [0.25, 0.3) is 0 Å². The molecule has 0 bridgehead atoms. The first-order valence-electron chi connectivity index (χ1n) is 2.42. The van der Waals surface area contributed by atoms with Crippen molar-refractivity contribution >= 4 is 15.9 Å². The summed E-state index contributed by atoms with van der Waals surface area (Å²) in [5.74, 6) is 0. The second kappa shape index (κ2) is 5.07. The lowest BCUT2D eigenvalue weighted by Gasteiger charge is -2.01. The average molecular weight is 178 g/mol. The molecule has 0 N–H and O–H groups in total. The first-order chi connectivity index (χ1) is 3.85. The third-order valence-electron chi connectivity index (χ3n) is 0.652. The number of halogens is 1. The summed E-state index contributed by atoms with van der Waals surface area (Å²) in [6, 6.07) is 1.98. The third kappa shape index (κ3) is 3.00. The van der Waals surface area contributed by atoms with Gasteiger partial charge < -0.3 is 4.74 Å². The van der Waals surface area contributed by atoms with Crippen molar-refractivity contribution in [3.63, 3.8) is 0 Å². The van der Waals surface area contributed by atoms with Crippen LogP contribution in [-0.4, -0.2) is 18.0 Å². The molecule has 0 aliphatic rings. The highest BCUT2D eigenvalue weighted by Gasteiger charge is 2.00. The topological polar surface area (TPSA) is 33.0 Å². The number of ether oxygens (including phenoxy) is 1. The Hall–Kier alpha value is -0.0700. The molecule has 3 heteroatoms. The van der Waals surface area contributed by atoms with E-state index in [1.54, 1.807) is 0 Å². The molecule has 0 unspecified atom stereocenters. The van der Waals surface area contributed by atoms with Gasteiger partial charge in [0, 0.05) is 11.9 Å². The standard InChI is InChI=1S/C5H8BrNO/c1-2-8-5(3-6)4-7/h5H,2-3H2,1H3/t5-/m1/s1. The number of hydrogen-bond acceptors (Lipinski definition) is 2. The Bertz CT molecular complexity index is 88.9. The predicted molar refractivity (Wildman–Crippen MR) is 34.8 cm³/mol. The van der Waals surface area contributed by atoms with Gasteiger partial charge in [-0.3, -0.25) is 0 Å². The fourth-order valence-electron chi connectivity index (χ4n) is 0.317. The van der Waals surface area contributed by atoms with Crippen LogP contribution in [0.5, 0.6) is 0 Å². The summed E-state index contributed by atoms with van der Waals surface area (Å²) in [5, 5.41) is 8.85. The minimum absolute atomic E-state index is 0.278. The Morgan fingerprint density at radius 3 is 2.62 bits per heavy atom. The summed E-state index contributed by atoms with van der Waals surface area (Å²) in [5.41, 5.74) is 0. The first kappa shape index (κ1) is 7.93. The normalized spacial score (nSPS) is 12.6. The maximum atomic E-state index is 8.25. The maximum absolute atomic E-state index is 8.25. The Balaban J connectivity index is 3.26. The van der Waals surface area contributed by atoms with E-state index in [1.165, 1.54) is 0 Å². The van der Waals surface area contributed by atoms with Crippen LogP contribution in [0.2, 0.25) is 0 Å². The molecule has 0 aliphatic heterocycles. The van der Waals surface area contributed by atoms with E-state index in [4.69, 9.17) is 10.00 Å². The van der Waals surface area contributed by atoms with Crippen LogP contribution in [-0.2, 0) is 4.74 Å². The third-order valence-corrected chi connectivity index (χ3v) is 1.24. The van der Waals surface area contributed by atoms with Crippen molar-refractivity contribution in [1.82, 2.24) is 0 Å². The highest BCUT2D eigenvalue weighted by atomic mass is 79.9. The van der Waals surface area contributed by atoms with Gasteiger partial charge in [-0.25, -0.2) is 0 Å². The van der Waals surface area contributed by atoms with Gasteiger partial charge in [-0.05, 0) is 6.92 Å². The average Bonchev–Trinajstić information content (AvgIpc) is 1.83. The van der Waals surface area contributed by atoms with Crippen LogP contribution in [0, 0.1) is 11.3 Å². The number of alkyl halides is 1. The van der Waals surface area contributed by atoms with Gasteiger partial charge in [0.1, 0.15) is 0 Å². The van der Waals surface area contributed by atoms with Crippen molar-refractivity contribution in [2.24, 2.45) is 0 Å². The molecule has 0 fully saturated rings. The molecule has 46 valence electrons. The van der Waals surface area contributed by atoms with Gasteiger partial charge in [-0.1, -0.05) is 15.9 Å². The van der Waals surface area contributed by atoms with Crippen molar-refractivity contribution < 1.29 is 4.74 Å². The summed E-state index contributed by atoms with van der Waals surface area (Å²) in [4.78, 5) is 0. The molecule has 0 saturated carbocycles. The van der Waals surface area contributed by atoms with Gasteiger partial charge in [0.2, 0.25) is 0 Å². The molecule has 0 aromatic heterocycles. The smallest absolute Gasteiger partial charge is 0.153 e. The Kier molecular flexibility index (Phi) is 5.03. The lowest BCUT2D eigenvalue weighted by atomic mass is 10.5. The van der Waals surface area contributed by atoms with Crippen LogP contribution in [0.3, 0.4) is 0 Å². The summed E-state index contributed by atoms with van der Waals surface area (Å²) >= 11 is 3.13. The molecule has 0 rings (SSSR count). The van der Waals surface area contributed by atoms with Crippen molar-refractivity contribution in [3.8, 4) is 6.07 Å². The number of hydrogen-bond donors (Lipinski definition) is 0. The number of rotatable bonds is 3. The van der Waals surface area contributed by atoms with Gasteiger partial charge in [-0.2, -0.15) is 5.26 Å². The van der Waals surface area contributed by atoms with E-state index < -0.39 is 0 Å². The van der Waals surface area contributed by atoms with Crippen LogP contribution < -0.4 is 0 Å². The van der Waals surface area contributed by atoms with E-state index in [1.807, 2.05) is 13.0 Å². The van der Waals surface area contributed by atoms with Gasteiger partial charge in [0.15, 0.2) is 6.10 Å². The number of nitrogens with zero attached hydrogens (tertiary/aromatic N) is 1. The van der Waals surface area contributed by atoms with E-state index in [-0.39, 0.29) is 6.10 Å². The lowest BCUT2D eigenvalue weighted by Crippen LogP contribution is -2.10. The summed E-state index contributed by atoms with van der Waals surface area (Å²) in [6.45, 7) is 2.47. The Morgan fingerprint density at radius 1 is 1.88 bits per heavy atom. The van der Waals surface area contributed by atoms with Crippen LogP contribution in [0.4, 0.5) is 0 Å². The fraction of sp³-hybridized carbons (Fsp3) is 0.800. The highest BCUT2D eigenvalue weighted by Crippen LogP contribution is 1.93. The molecular formula is C5H8BrNO. The second-order valence-corrected chi connectivity index (χ2v) is 1.87. The van der Waals surface area contributed by atoms with Gasteiger partial charge in [0.05, 0.1) is 6.07 Å². The molecule has 0 spiro atoms. The van der Waals surface area contributed by atoms with E-state index in [9.17, 15) is 0 Å².